The molecule has 0 bridgehead atoms. The number of ether oxygens (including phenoxy) is 3. The van der Waals surface area contributed by atoms with E-state index in [4.69, 9.17) is 18.6 Å². The molecule has 2 atom stereocenters. The van der Waals surface area contributed by atoms with Gasteiger partial charge >= 0.3 is 17.6 Å². The van der Waals surface area contributed by atoms with Gasteiger partial charge in [-0.25, -0.2) is 9.59 Å². The molecule has 1 aliphatic heterocycles. The molecule has 3 aromatic rings. The minimum atomic E-state index is -1.05. The fraction of sp³-hybridized carbons (Fsp3) is 0.261. The van der Waals surface area contributed by atoms with Crippen LogP contribution in [-0.2, 0) is 14.3 Å². The second kappa shape index (κ2) is 7.33. The average molecular weight is 408 g/mol. The largest absolute Gasteiger partial charge is 0.483 e. The van der Waals surface area contributed by atoms with E-state index < -0.39 is 35.4 Å². The maximum atomic E-state index is 12.9. The minimum Gasteiger partial charge on any atom is -0.483 e. The number of benzene rings is 2. The van der Waals surface area contributed by atoms with Crippen LogP contribution < -0.4 is 10.4 Å². The molecule has 0 unspecified atom stereocenters. The topological polar surface area (TPSA) is 92.0 Å². The normalized spacial score (nSPS) is 19.4. The van der Waals surface area contributed by atoms with Gasteiger partial charge in [0.05, 0.1) is 11.1 Å². The van der Waals surface area contributed by atoms with E-state index in [1.807, 2.05) is 0 Å². The first-order valence-corrected chi connectivity index (χ1v) is 9.45. The fourth-order valence-electron chi connectivity index (χ4n) is 3.61. The van der Waals surface area contributed by atoms with Crippen molar-refractivity contribution >= 4 is 22.9 Å². The van der Waals surface area contributed by atoms with E-state index in [1.54, 1.807) is 62.4 Å². The Labute approximate surface area is 172 Å². The number of carbonyl (C=O) groups is 2. The highest BCUT2D eigenvalue weighted by Gasteiger charge is 2.49. The quantitative estimate of drug-likeness (QED) is 0.481. The zero-order valence-electron chi connectivity index (χ0n) is 16.7. The zero-order valence-corrected chi connectivity index (χ0v) is 16.7. The molecule has 0 fully saturated rings. The Balaban J connectivity index is 1.90. The van der Waals surface area contributed by atoms with Gasteiger partial charge in [-0.2, -0.15) is 0 Å². The second-order valence-corrected chi connectivity index (χ2v) is 7.58. The Bertz CT molecular complexity index is 1180. The lowest BCUT2D eigenvalue weighted by molar-refractivity contribution is -0.175. The van der Waals surface area contributed by atoms with Gasteiger partial charge in [-0.1, -0.05) is 18.2 Å². The van der Waals surface area contributed by atoms with Gasteiger partial charge in [0.15, 0.2) is 12.2 Å². The summed E-state index contributed by atoms with van der Waals surface area (Å²) >= 11 is 0. The summed E-state index contributed by atoms with van der Waals surface area (Å²) in [6.07, 6.45) is -2.01. The van der Waals surface area contributed by atoms with Gasteiger partial charge in [0.1, 0.15) is 16.9 Å². The van der Waals surface area contributed by atoms with Crippen LogP contribution in [0.3, 0.4) is 0 Å². The van der Waals surface area contributed by atoms with Crippen molar-refractivity contribution in [3.05, 3.63) is 76.1 Å². The summed E-state index contributed by atoms with van der Waals surface area (Å²) in [5.41, 5.74) is -0.661. The Morgan fingerprint density at radius 2 is 1.67 bits per heavy atom. The van der Waals surface area contributed by atoms with Crippen molar-refractivity contribution in [2.24, 2.45) is 0 Å². The molecule has 0 spiro atoms. The molecule has 0 amide bonds. The van der Waals surface area contributed by atoms with Crippen molar-refractivity contribution < 1.29 is 28.2 Å². The van der Waals surface area contributed by atoms with Gasteiger partial charge < -0.3 is 18.6 Å². The SMILES string of the molecule is CC(=O)O[C@@H]1[C@H](OC(=O)c2ccccc2)c2c(ccc3ccc(=O)oc23)OC1(C)C. The average Bonchev–Trinajstić information content (AvgIpc) is 2.70. The van der Waals surface area contributed by atoms with Crippen molar-refractivity contribution in [3.63, 3.8) is 0 Å². The fourth-order valence-corrected chi connectivity index (χ4v) is 3.61. The number of rotatable bonds is 3. The van der Waals surface area contributed by atoms with Gasteiger partial charge in [-0.3, -0.25) is 4.79 Å². The van der Waals surface area contributed by atoms with Crippen LogP contribution in [0, 0.1) is 0 Å². The van der Waals surface area contributed by atoms with Crippen LogP contribution in [-0.4, -0.2) is 23.6 Å². The molecule has 0 saturated carbocycles. The zero-order chi connectivity index (χ0) is 21.5. The molecule has 7 nitrogen and oxygen atoms in total. The smallest absolute Gasteiger partial charge is 0.338 e. The maximum absolute atomic E-state index is 12.9. The maximum Gasteiger partial charge on any atom is 0.338 e. The van der Waals surface area contributed by atoms with Gasteiger partial charge in [0.25, 0.3) is 0 Å². The second-order valence-electron chi connectivity index (χ2n) is 7.58. The van der Waals surface area contributed by atoms with Crippen molar-refractivity contribution in [2.45, 2.75) is 38.6 Å². The molecule has 0 aliphatic carbocycles. The summed E-state index contributed by atoms with van der Waals surface area (Å²) in [6.45, 7) is 4.74. The van der Waals surface area contributed by atoms with Crippen molar-refractivity contribution in [2.75, 3.05) is 0 Å². The minimum absolute atomic E-state index is 0.221. The van der Waals surface area contributed by atoms with Crippen LogP contribution >= 0.6 is 0 Å². The van der Waals surface area contributed by atoms with Crippen molar-refractivity contribution in [1.82, 2.24) is 0 Å². The summed E-state index contributed by atoms with van der Waals surface area (Å²) in [5, 5.41) is 0.624. The van der Waals surface area contributed by atoms with Gasteiger partial charge in [0.2, 0.25) is 0 Å². The highest BCUT2D eigenvalue weighted by atomic mass is 16.6. The van der Waals surface area contributed by atoms with E-state index in [-0.39, 0.29) is 5.58 Å². The summed E-state index contributed by atoms with van der Waals surface area (Å²) in [6, 6.07) is 14.8. The predicted molar refractivity (Wildman–Crippen MR) is 107 cm³/mol. The molecule has 30 heavy (non-hydrogen) atoms. The summed E-state index contributed by atoms with van der Waals surface area (Å²) in [4.78, 5) is 36.6. The number of carbonyl (C=O) groups excluding carboxylic acids is 2. The Hall–Kier alpha value is -3.61. The van der Waals surface area contributed by atoms with Crippen LogP contribution in [0.2, 0.25) is 0 Å². The third-order valence-corrected chi connectivity index (χ3v) is 4.94. The summed E-state index contributed by atoms with van der Waals surface area (Å²) in [7, 11) is 0. The molecule has 1 aromatic heterocycles. The van der Waals surface area contributed by atoms with E-state index in [9.17, 15) is 14.4 Å². The van der Waals surface area contributed by atoms with Crippen LogP contribution in [0.25, 0.3) is 11.0 Å². The lowest BCUT2D eigenvalue weighted by atomic mass is 9.87. The van der Waals surface area contributed by atoms with Crippen LogP contribution in [0.4, 0.5) is 0 Å². The molecule has 7 heteroatoms. The monoisotopic (exact) mass is 408 g/mol. The first-order valence-electron chi connectivity index (χ1n) is 9.45. The van der Waals surface area contributed by atoms with Gasteiger partial charge in [-0.15, -0.1) is 0 Å². The number of hydrogen-bond acceptors (Lipinski definition) is 7. The lowest BCUT2D eigenvalue weighted by Gasteiger charge is -2.43. The molecule has 4 rings (SSSR count). The van der Waals surface area contributed by atoms with E-state index in [1.165, 1.54) is 13.0 Å². The molecular formula is C23H20O7. The first-order chi connectivity index (χ1) is 14.3. The molecule has 2 heterocycles. The highest BCUT2D eigenvalue weighted by molar-refractivity contribution is 5.90. The highest BCUT2D eigenvalue weighted by Crippen LogP contribution is 2.46. The third kappa shape index (κ3) is 3.54. The van der Waals surface area contributed by atoms with E-state index in [0.717, 1.165) is 0 Å². The van der Waals surface area contributed by atoms with E-state index >= 15 is 0 Å². The third-order valence-electron chi connectivity index (χ3n) is 4.94. The van der Waals surface area contributed by atoms with E-state index in [0.29, 0.717) is 22.3 Å². The molecular weight excluding hydrogens is 388 g/mol. The van der Waals surface area contributed by atoms with Crippen LogP contribution in [0.15, 0.2) is 63.8 Å². The first kappa shape index (κ1) is 19.7. The predicted octanol–water partition coefficient (Wildman–Crippen LogP) is 3.79. The standard InChI is InChI=1S/C23H20O7/c1-13(24)27-21-20(29-22(26)15-7-5-4-6-8-15)18-16(30-23(21,2)3)11-9-14-10-12-17(25)28-19(14)18/h4-12,20-21H,1-3H3/t20-,21-/m1/s1. The molecule has 1 aliphatic rings. The number of fused-ring (bicyclic) bond motifs is 3. The lowest BCUT2D eigenvalue weighted by Crippen LogP contribution is -2.52. The van der Waals surface area contributed by atoms with Crippen molar-refractivity contribution in [3.8, 4) is 5.75 Å². The Morgan fingerprint density at radius 3 is 2.37 bits per heavy atom. The summed E-state index contributed by atoms with van der Waals surface area (Å²) < 4.78 is 22.9. The Kier molecular flexibility index (Phi) is 4.81. The number of hydrogen-bond donors (Lipinski definition) is 0. The Morgan fingerprint density at radius 1 is 0.967 bits per heavy atom. The van der Waals surface area contributed by atoms with Crippen LogP contribution in [0.5, 0.6) is 5.75 Å². The molecule has 0 radical (unpaired) electrons. The molecule has 0 N–H and O–H groups in total. The molecule has 154 valence electrons. The molecule has 0 saturated heterocycles. The van der Waals surface area contributed by atoms with E-state index in [2.05, 4.69) is 0 Å². The summed E-state index contributed by atoms with van der Waals surface area (Å²) in [5.74, 6) is -0.768. The van der Waals surface area contributed by atoms with Gasteiger partial charge in [-0.05, 0) is 44.2 Å². The number of esters is 2. The van der Waals surface area contributed by atoms with Crippen molar-refractivity contribution in [1.29, 1.82) is 0 Å². The molecule has 2 aromatic carbocycles. The van der Waals surface area contributed by atoms with Crippen LogP contribution in [0.1, 0.15) is 42.8 Å². The van der Waals surface area contributed by atoms with Gasteiger partial charge in [0, 0.05) is 18.4 Å².